The van der Waals surface area contributed by atoms with Gasteiger partial charge < -0.3 is 74.1 Å². The van der Waals surface area contributed by atoms with E-state index in [0.29, 0.717) is 0 Å². The van der Waals surface area contributed by atoms with Crippen LogP contribution in [0.2, 0.25) is 0 Å². The number of aliphatic hydroxyl groups is 8. The Morgan fingerprint density at radius 1 is 0.761 bits per heavy atom. The fraction of sp³-hybridized carbons (Fsp3) is 0.448. The van der Waals surface area contributed by atoms with E-state index < -0.39 is 103 Å². The van der Waals surface area contributed by atoms with Crippen LogP contribution in [0.1, 0.15) is 6.92 Å². The summed E-state index contributed by atoms with van der Waals surface area (Å²) in [6.45, 7) is -0.307. The predicted octanol–water partition coefficient (Wildman–Crippen LogP) is -2.55. The van der Waals surface area contributed by atoms with Gasteiger partial charge in [0.1, 0.15) is 77.0 Å². The summed E-state index contributed by atoms with van der Waals surface area (Å²) in [5, 5.41) is 90.8. The molecule has 2 saturated heterocycles. The van der Waals surface area contributed by atoms with Crippen molar-refractivity contribution in [1.29, 1.82) is 0 Å². The van der Waals surface area contributed by atoms with Crippen LogP contribution in [-0.2, 0) is 14.3 Å². The van der Waals surface area contributed by atoms with Crippen LogP contribution in [0.3, 0.4) is 0 Å². The third kappa shape index (κ3) is 6.38. The van der Waals surface area contributed by atoms with E-state index in [0.717, 1.165) is 12.1 Å². The van der Waals surface area contributed by atoms with Gasteiger partial charge in [0, 0.05) is 24.6 Å². The molecule has 0 amide bonds. The molecule has 2 fully saturated rings. The highest BCUT2D eigenvalue weighted by Gasteiger charge is 2.46. The first kappa shape index (κ1) is 33.5. The molecule has 46 heavy (non-hydrogen) atoms. The number of ether oxygens (including phenoxy) is 5. The Kier molecular flexibility index (Phi) is 9.80. The standard InChI is InChI=1S/C29H32O17/c1-10(32)41-12-4-2-11(3-5-12)26-27(46-29-25(40)23(38)20(35)17(9-31)45-29)21(36)18-14(33)6-13(7-15(18)43-26)42-28-24(39)22(37)19(34)16(8-30)44-28/h2-7,16-17,19-20,22-25,28-31,33-35,37-40H,8-9H2,1H3. The molecule has 1 aromatic heterocycles. The molecule has 2 aliphatic rings. The number of carbonyl (C=O) groups excluding carboxylic acids is 1. The molecule has 0 bridgehead atoms. The second-order valence-corrected chi connectivity index (χ2v) is 10.7. The third-order valence-corrected chi connectivity index (χ3v) is 7.47. The van der Waals surface area contributed by atoms with Crippen LogP contribution in [0.15, 0.2) is 45.6 Å². The largest absolute Gasteiger partial charge is 0.507 e. The van der Waals surface area contributed by atoms with Gasteiger partial charge in [0.05, 0.1) is 13.2 Å². The summed E-state index contributed by atoms with van der Waals surface area (Å²) in [5.41, 5.74) is -1.16. The maximum atomic E-state index is 13.8. The van der Waals surface area contributed by atoms with Crippen molar-refractivity contribution in [3.8, 4) is 34.3 Å². The molecule has 3 heterocycles. The molecule has 0 radical (unpaired) electrons. The van der Waals surface area contributed by atoms with Gasteiger partial charge in [-0.05, 0) is 24.3 Å². The lowest BCUT2D eigenvalue weighted by molar-refractivity contribution is -0.277. The van der Waals surface area contributed by atoms with Gasteiger partial charge >= 0.3 is 5.97 Å². The summed E-state index contributed by atoms with van der Waals surface area (Å²) >= 11 is 0. The van der Waals surface area contributed by atoms with Crippen molar-refractivity contribution in [1.82, 2.24) is 0 Å². The first-order chi connectivity index (χ1) is 21.8. The number of hydrogen-bond acceptors (Lipinski definition) is 17. The minimum atomic E-state index is -1.91. The summed E-state index contributed by atoms with van der Waals surface area (Å²) in [6, 6.07) is 7.59. The summed E-state index contributed by atoms with van der Waals surface area (Å²) < 4.78 is 33.0. The van der Waals surface area contributed by atoms with E-state index in [-0.39, 0.29) is 28.4 Å². The average Bonchev–Trinajstić information content (AvgIpc) is 3.02. The van der Waals surface area contributed by atoms with E-state index in [1.54, 1.807) is 0 Å². The van der Waals surface area contributed by atoms with E-state index in [1.165, 1.54) is 31.2 Å². The molecular weight excluding hydrogens is 620 g/mol. The smallest absolute Gasteiger partial charge is 0.308 e. The molecule has 0 spiro atoms. The van der Waals surface area contributed by atoms with E-state index >= 15 is 0 Å². The molecule has 10 unspecified atom stereocenters. The Labute approximate surface area is 258 Å². The van der Waals surface area contributed by atoms with Crippen molar-refractivity contribution < 1.29 is 78.9 Å². The molecule has 17 nitrogen and oxygen atoms in total. The number of aromatic hydroxyl groups is 1. The lowest BCUT2D eigenvalue weighted by Gasteiger charge is -2.39. The van der Waals surface area contributed by atoms with Crippen LogP contribution >= 0.6 is 0 Å². The van der Waals surface area contributed by atoms with Gasteiger partial charge in [-0.2, -0.15) is 0 Å². The molecule has 10 atom stereocenters. The fourth-order valence-corrected chi connectivity index (χ4v) is 5.04. The lowest BCUT2D eigenvalue weighted by Crippen LogP contribution is -2.60. The number of benzene rings is 2. The van der Waals surface area contributed by atoms with Crippen molar-refractivity contribution >= 4 is 16.9 Å². The molecule has 2 aromatic carbocycles. The first-order valence-corrected chi connectivity index (χ1v) is 13.9. The topological polar surface area (TPSA) is 275 Å². The van der Waals surface area contributed by atoms with Crippen LogP contribution in [0.4, 0.5) is 0 Å². The highest BCUT2D eigenvalue weighted by atomic mass is 16.7. The monoisotopic (exact) mass is 652 g/mol. The second-order valence-electron chi connectivity index (χ2n) is 10.7. The molecule has 0 aliphatic carbocycles. The third-order valence-electron chi connectivity index (χ3n) is 7.47. The second kappa shape index (κ2) is 13.5. The highest BCUT2D eigenvalue weighted by molar-refractivity contribution is 5.88. The summed E-state index contributed by atoms with van der Waals surface area (Å²) in [5.74, 6) is -2.36. The van der Waals surface area contributed by atoms with Crippen molar-refractivity contribution in [2.45, 2.75) is 68.3 Å². The zero-order valence-corrected chi connectivity index (χ0v) is 23.9. The van der Waals surface area contributed by atoms with Gasteiger partial charge in [-0.25, -0.2) is 0 Å². The Bertz CT molecular complexity index is 1600. The van der Waals surface area contributed by atoms with Gasteiger partial charge in [-0.15, -0.1) is 0 Å². The lowest BCUT2D eigenvalue weighted by atomic mass is 9.99. The molecule has 3 aromatic rings. The van der Waals surface area contributed by atoms with Crippen LogP contribution in [-0.4, -0.2) is 127 Å². The van der Waals surface area contributed by atoms with Gasteiger partial charge in [-0.3, -0.25) is 9.59 Å². The van der Waals surface area contributed by atoms with E-state index in [4.69, 9.17) is 28.1 Å². The van der Waals surface area contributed by atoms with Gasteiger partial charge in [-0.1, -0.05) is 0 Å². The van der Waals surface area contributed by atoms with Crippen molar-refractivity contribution in [2.75, 3.05) is 13.2 Å². The normalized spacial score (nSPS) is 31.4. The summed E-state index contributed by atoms with van der Waals surface area (Å²) in [7, 11) is 0. The SMILES string of the molecule is CC(=O)Oc1ccc(-c2oc3cc(OC4OC(CO)C(O)C(O)C4O)cc(O)c3c(=O)c2OC2OC(CO)C(O)C(O)C2O)cc1. The first-order valence-electron chi connectivity index (χ1n) is 13.9. The minimum Gasteiger partial charge on any atom is -0.507 e. The quantitative estimate of drug-likeness (QED) is 0.0894. The Morgan fingerprint density at radius 2 is 1.30 bits per heavy atom. The van der Waals surface area contributed by atoms with Crippen molar-refractivity contribution in [3.05, 3.63) is 46.6 Å². The molecule has 0 saturated carbocycles. The van der Waals surface area contributed by atoms with Crippen LogP contribution in [0.5, 0.6) is 23.0 Å². The van der Waals surface area contributed by atoms with Crippen LogP contribution < -0.4 is 19.6 Å². The molecule has 5 rings (SSSR count). The van der Waals surface area contributed by atoms with E-state index in [1.807, 2.05) is 0 Å². The minimum absolute atomic E-state index is 0.142. The van der Waals surface area contributed by atoms with Crippen molar-refractivity contribution in [2.24, 2.45) is 0 Å². The average molecular weight is 653 g/mol. The molecule has 2 aliphatic heterocycles. The number of phenolic OH excluding ortho intramolecular Hbond substituents is 1. The Hall–Kier alpha value is -3.88. The number of fused-ring (bicyclic) bond motifs is 1. The number of hydrogen-bond donors (Lipinski definition) is 9. The number of carbonyl (C=O) groups is 1. The predicted molar refractivity (Wildman–Crippen MR) is 150 cm³/mol. The van der Waals surface area contributed by atoms with Gasteiger partial charge in [0.25, 0.3) is 0 Å². The van der Waals surface area contributed by atoms with Crippen molar-refractivity contribution in [3.63, 3.8) is 0 Å². The zero-order valence-electron chi connectivity index (χ0n) is 23.9. The maximum Gasteiger partial charge on any atom is 0.308 e. The van der Waals surface area contributed by atoms with Crippen LogP contribution in [0, 0.1) is 0 Å². The summed E-state index contributed by atoms with van der Waals surface area (Å²) in [6.07, 6.45) is -16.8. The van der Waals surface area contributed by atoms with Gasteiger partial charge in [0.2, 0.25) is 23.8 Å². The molecule has 17 heteroatoms. The van der Waals surface area contributed by atoms with Crippen LogP contribution in [0.25, 0.3) is 22.3 Å². The number of aliphatic hydroxyl groups excluding tert-OH is 8. The van der Waals surface area contributed by atoms with Gasteiger partial charge in [0.15, 0.2) is 5.76 Å². The molecular formula is C29H32O17. The fourth-order valence-electron chi connectivity index (χ4n) is 5.04. The molecule has 9 N–H and O–H groups in total. The highest BCUT2D eigenvalue weighted by Crippen LogP contribution is 2.38. The Balaban J connectivity index is 1.59. The zero-order chi connectivity index (χ0) is 33.4. The number of esters is 1. The Morgan fingerprint density at radius 3 is 1.83 bits per heavy atom. The molecule has 250 valence electrons. The summed E-state index contributed by atoms with van der Waals surface area (Å²) in [4.78, 5) is 25.2. The van der Waals surface area contributed by atoms with E-state index in [9.17, 15) is 55.5 Å². The maximum absolute atomic E-state index is 13.8. The number of phenols is 1. The van der Waals surface area contributed by atoms with E-state index in [2.05, 4.69) is 0 Å². The number of rotatable bonds is 8.